The van der Waals surface area contributed by atoms with Crippen LogP contribution in [0.25, 0.3) is 10.9 Å². The smallest absolute Gasteiger partial charge is 0.221 e. The Balaban J connectivity index is 1.62. The van der Waals surface area contributed by atoms with E-state index >= 15 is 0 Å². The van der Waals surface area contributed by atoms with E-state index in [1.54, 1.807) is 0 Å². The second-order valence-electron chi connectivity index (χ2n) is 7.30. The molecule has 1 aromatic heterocycles. The summed E-state index contributed by atoms with van der Waals surface area (Å²) in [6.45, 7) is 2.01. The third-order valence-electron chi connectivity index (χ3n) is 5.34. The highest BCUT2D eigenvalue weighted by Gasteiger charge is 2.22. The van der Waals surface area contributed by atoms with Crippen LogP contribution in [-0.4, -0.2) is 10.9 Å². The van der Waals surface area contributed by atoms with Gasteiger partial charge in [-0.25, -0.2) is 0 Å². The van der Waals surface area contributed by atoms with E-state index in [2.05, 4.69) is 22.4 Å². The van der Waals surface area contributed by atoms with E-state index in [1.807, 2.05) is 79.9 Å². The topological polar surface area (TPSA) is 44.9 Å². The van der Waals surface area contributed by atoms with E-state index in [-0.39, 0.29) is 17.9 Å². The van der Waals surface area contributed by atoms with E-state index in [0.29, 0.717) is 11.4 Å². The lowest BCUT2D eigenvalue weighted by Gasteiger charge is -2.20. The zero-order valence-electron chi connectivity index (χ0n) is 16.2. The molecule has 2 N–H and O–H groups in total. The van der Waals surface area contributed by atoms with Gasteiger partial charge in [0.1, 0.15) is 0 Å². The van der Waals surface area contributed by atoms with Crippen molar-refractivity contribution in [3.05, 3.63) is 107 Å². The molecular weight excluding hydrogens is 380 g/mol. The van der Waals surface area contributed by atoms with Crippen molar-refractivity contribution in [3.8, 4) is 0 Å². The van der Waals surface area contributed by atoms with Crippen molar-refractivity contribution < 1.29 is 4.79 Å². The normalized spacial score (nSPS) is 13.2. The third kappa shape index (κ3) is 4.36. The number of carbonyl (C=O) groups excluding carboxylic acids is 1. The first kappa shape index (κ1) is 19.3. The van der Waals surface area contributed by atoms with Crippen LogP contribution in [-0.2, 0) is 4.79 Å². The molecule has 4 heteroatoms. The molecule has 0 bridgehead atoms. The van der Waals surface area contributed by atoms with Crippen LogP contribution in [0.2, 0.25) is 5.02 Å². The highest BCUT2D eigenvalue weighted by molar-refractivity contribution is 6.30. The number of halogens is 1. The minimum atomic E-state index is -0.0635. The van der Waals surface area contributed by atoms with E-state index in [0.717, 1.165) is 27.6 Å². The van der Waals surface area contributed by atoms with Crippen LogP contribution in [0.3, 0.4) is 0 Å². The number of aromatic nitrogens is 1. The van der Waals surface area contributed by atoms with Crippen molar-refractivity contribution >= 4 is 28.4 Å². The van der Waals surface area contributed by atoms with Crippen molar-refractivity contribution in [3.63, 3.8) is 0 Å². The van der Waals surface area contributed by atoms with E-state index < -0.39 is 0 Å². The average Bonchev–Trinajstić information content (AvgIpc) is 3.17. The largest absolute Gasteiger partial charge is 0.361 e. The number of fused-ring (bicyclic) bond motifs is 1. The van der Waals surface area contributed by atoms with Crippen molar-refractivity contribution in [1.29, 1.82) is 0 Å². The Morgan fingerprint density at radius 1 is 0.931 bits per heavy atom. The van der Waals surface area contributed by atoms with Crippen LogP contribution in [0, 0.1) is 0 Å². The van der Waals surface area contributed by atoms with Crippen molar-refractivity contribution in [2.24, 2.45) is 0 Å². The molecule has 0 fully saturated rings. The molecule has 1 heterocycles. The van der Waals surface area contributed by atoms with Crippen LogP contribution in [0.4, 0.5) is 0 Å². The number of hydrogen-bond donors (Lipinski definition) is 2. The first-order valence-corrected chi connectivity index (χ1v) is 10.2. The summed E-state index contributed by atoms with van der Waals surface area (Å²) in [6.07, 6.45) is 2.37. The van der Waals surface area contributed by atoms with Gasteiger partial charge in [0.15, 0.2) is 0 Å². The zero-order valence-corrected chi connectivity index (χ0v) is 17.0. The monoisotopic (exact) mass is 402 g/mol. The van der Waals surface area contributed by atoms with Crippen molar-refractivity contribution in [1.82, 2.24) is 10.3 Å². The van der Waals surface area contributed by atoms with Gasteiger partial charge < -0.3 is 10.3 Å². The van der Waals surface area contributed by atoms with Crippen molar-refractivity contribution in [2.75, 3.05) is 0 Å². The second-order valence-corrected chi connectivity index (χ2v) is 7.73. The predicted octanol–water partition coefficient (Wildman–Crippen LogP) is 6.22. The summed E-state index contributed by atoms with van der Waals surface area (Å²) >= 11 is 6.09. The highest BCUT2D eigenvalue weighted by Crippen LogP contribution is 2.34. The second kappa shape index (κ2) is 8.54. The van der Waals surface area contributed by atoms with Gasteiger partial charge in [-0.15, -0.1) is 0 Å². The Morgan fingerprint density at radius 2 is 1.62 bits per heavy atom. The van der Waals surface area contributed by atoms with E-state index in [4.69, 9.17) is 11.6 Å². The highest BCUT2D eigenvalue weighted by atomic mass is 35.5. The van der Waals surface area contributed by atoms with E-state index in [9.17, 15) is 4.79 Å². The summed E-state index contributed by atoms with van der Waals surface area (Å²) in [5.74, 6) is -0.0435. The Hall–Kier alpha value is -3.04. The molecule has 0 spiro atoms. The molecule has 146 valence electrons. The van der Waals surface area contributed by atoms with Crippen LogP contribution in [0.15, 0.2) is 85.1 Å². The maximum atomic E-state index is 13.0. The van der Waals surface area contributed by atoms with Gasteiger partial charge in [-0.05, 0) is 41.8 Å². The Bertz CT molecular complexity index is 1100. The predicted molar refractivity (Wildman–Crippen MR) is 119 cm³/mol. The van der Waals surface area contributed by atoms with Crippen LogP contribution in [0.1, 0.15) is 42.0 Å². The summed E-state index contributed by atoms with van der Waals surface area (Å²) in [4.78, 5) is 16.3. The number of carbonyl (C=O) groups is 1. The standard InChI is InChI=1S/C25H23ClN2O/c1-17(18-7-3-2-4-8-18)28-25(29)15-22(19-11-13-20(26)14-12-19)23-16-27-24-10-6-5-9-21(23)24/h2-14,16-17,22,27H,15H2,1H3,(H,28,29)/t17-,22-/m1/s1. The van der Waals surface area contributed by atoms with Gasteiger partial charge in [-0.1, -0.05) is 72.3 Å². The maximum absolute atomic E-state index is 13.0. The SMILES string of the molecule is C[C@@H](NC(=O)C[C@H](c1ccc(Cl)cc1)c1c[nH]c2ccccc12)c1ccccc1. The molecule has 3 aromatic carbocycles. The Morgan fingerprint density at radius 3 is 2.38 bits per heavy atom. The van der Waals surface area contributed by atoms with Crippen molar-refractivity contribution in [2.45, 2.75) is 25.3 Å². The fourth-order valence-corrected chi connectivity index (χ4v) is 3.92. The molecule has 0 aliphatic rings. The van der Waals surface area contributed by atoms with E-state index in [1.165, 1.54) is 0 Å². The summed E-state index contributed by atoms with van der Waals surface area (Å²) in [5, 5.41) is 4.97. The lowest BCUT2D eigenvalue weighted by Crippen LogP contribution is -2.28. The molecule has 0 aliphatic carbocycles. The van der Waals surface area contributed by atoms with Crippen LogP contribution >= 0.6 is 11.6 Å². The molecule has 29 heavy (non-hydrogen) atoms. The first-order valence-electron chi connectivity index (χ1n) is 9.77. The number of aromatic amines is 1. The summed E-state index contributed by atoms with van der Waals surface area (Å²) in [5.41, 5.74) is 4.35. The quantitative estimate of drug-likeness (QED) is 0.395. The number of amides is 1. The zero-order chi connectivity index (χ0) is 20.2. The minimum absolute atomic E-state index is 0.0200. The first-order chi connectivity index (χ1) is 14.1. The molecule has 0 saturated heterocycles. The molecule has 2 atom stereocenters. The lowest BCUT2D eigenvalue weighted by molar-refractivity contribution is -0.121. The van der Waals surface area contributed by atoms with Gasteiger partial charge in [-0.2, -0.15) is 0 Å². The molecule has 1 amide bonds. The third-order valence-corrected chi connectivity index (χ3v) is 5.59. The number of rotatable bonds is 6. The molecule has 3 nitrogen and oxygen atoms in total. The van der Waals surface area contributed by atoms with Gasteiger partial charge in [0, 0.05) is 34.5 Å². The van der Waals surface area contributed by atoms with Gasteiger partial charge >= 0.3 is 0 Å². The molecule has 0 saturated carbocycles. The molecule has 0 unspecified atom stereocenters. The number of H-pyrrole nitrogens is 1. The Labute approximate surface area is 175 Å². The van der Waals surface area contributed by atoms with Gasteiger partial charge in [0.2, 0.25) is 5.91 Å². The van der Waals surface area contributed by atoms with Gasteiger partial charge in [-0.3, -0.25) is 4.79 Å². The molecule has 0 radical (unpaired) electrons. The average molecular weight is 403 g/mol. The summed E-state index contributed by atoms with van der Waals surface area (Å²) < 4.78 is 0. The maximum Gasteiger partial charge on any atom is 0.221 e. The minimum Gasteiger partial charge on any atom is -0.361 e. The number of para-hydroxylation sites is 1. The van der Waals surface area contributed by atoms with Gasteiger partial charge in [0.05, 0.1) is 6.04 Å². The number of benzene rings is 3. The molecular formula is C25H23ClN2O. The summed E-state index contributed by atoms with van der Waals surface area (Å²) in [6, 6.07) is 25.9. The molecule has 4 rings (SSSR count). The Kier molecular flexibility index (Phi) is 5.68. The number of nitrogens with one attached hydrogen (secondary N) is 2. The fourth-order valence-electron chi connectivity index (χ4n) is 3.80. The van der Waals surface area contributed by atoms with Crippen LogP contribution in [0.5, 0.6) is 0 Å². The van der Waals surface area contributed by atoms with Gasteiger partial charge in [0.25, 0.3) is 0 Å². The lowest BCUT2D eigenvalue weighted by atomic mass is 9.88. The van der Waals surface area contributed by atoms with Crippen LogP contribution < -0.4 is 5.32 Å². The molecule has 4 aromatic rings. The fraction of sp³-hybridized carbons (Fsp3) is 0.160. The summed E-state index contributed by atoms with van der Waals surface area (Å²) in [7, 11) is 0. The molecule has 0 aliphatic heterocycles. The number of hydrogen-bond acceptors (Lipinski definition) is 1.